The third-order valence-corrected chi connectivity index (χ3v) is 5.12. The summed E-state index contributed by atoms with van der Waals surface area (Å²) >= 11 is 5.52. The molecule has 2 aliphatic rings. The molecule has 0 atom stereocenters. The molecule has 2 aliphatic heterocycles. The Morgan fingerprint density at radius 2 is 2.00 bits per heavy atom. The zero-order chi connectivity index (χ0) is 17.2. The van der Waals surface area contributed by atoms with E-state index in [2.05, 4.69) is 39.8 Å². The number of benzene rings is 1. The van der Waals surface area contributed by atoms with Crippen molar-refractivity contribution in [1.29, 1.82) is 0 Å². The number of ether oxygens (including phenoxy) is 1. The molecule has 5 heteroatoms. The molecule has 0 aliphatic carbocycles. The van der Waals surface area contributed by atoms with Gasteiger partial charge in [-0.2, -0.15) is 0 Å². The highest BCUT2D eigenvalue weighted by Gasteiger charge is 2.29. The van der Waals surface area contributed by atoms with Crippen LogP contribution in [-0.2, 0) is 24.2 Å². The average molecular weight is 349 g/mol. The summed E-state index contributed by atoms with van der Waals surface area (Å²) in [5, 5.41) is 0. The summed E-state index contributed by atoms with van der Waals surface area (Å²) in [6, 6.07) is 6.72. The number of thiocarbonyl (C=S) groups is 1. The van der Waals surface area contributed by atoms with Crippen LogP contribution in [0, 0.1) is 0 Å². The number of anilines is 1. The van der Waals surface area contributed by atoms with E-state index in [0.29, 0.717) is 6.61 Å². The van der Waals surface area contributed by atoms with Crippen LogP contribution in [0.3, 0.4) is 0 Å². The van der Waals surface area contributed by atoms with E-state index in [0.717, 1.165) is 41.9 Å². The van der Waals surface area contributed by atoms with Gasteiger partial charge in [0.2, 0.25) is 0 Å². The van der Waals surface area contributed by atoms with Gasteiger partial charge in [-0.05, 0) is 54.4 Å². The summed E-state index contributed by atoms with van der Waals surface area (Å²) in [4.78, 5) is 11.4. The molecule has 0 radical (unpaired) electrons. The third kappa shape index (κ3) is 3.07. The molecule has 4 rings (SSSR count). The maximum Gasteiger partial charge on any atom is 0.114 e. The number of hydrogen-bond donors (Lipinski definition) is 0. The van der Waals surface area contributed by atoms with Crippen molar-refractivity contribution in [3.05, 3.63) is 59.7 Å². The first-order valence-electron chi connectivity index (χ1n) is 8.39. The van der Waals surface area contributed by atoms with Gasteiger partial charge in [0.1, 0.15) is 12.9 Å². The highest BCUT2D eigenvalue weighted by Crippen LogP contribution is 2.40. The van der Waals surface area contributed by atoms with Gasteiger partial charge in [-0.3, -0.25) is 9.98 Å². The molecule has 4 nitrogen and oxygen atoms in total. The standard InChI is InChI=1S/C20H19N3OS/c1-21-5-7-24-13-14-8-18(12-22-11-14)17-9-15-2-3-19(25)23-6-4-16(10-17)20(15)23/h5,7-12H,1-4,6,13H2/b7-5-. The molecule has 1 aromatic heterocycles. The van der Waals surface area contributed by atoms with Crippen LogP contribution < -0.4 is 4.90 Å². The first kappa shape index (κ1) is 16.0. The second kappa shape index (κ2) is 6.76. The van der Waals surface area contributed by atoms with Crippen LogP contribution in [0.2, 0.25) is 0 Å². The van der Waals surface area contributed by atoms with Gasteiger partial charge in [0, 0.05) is 42.2 Å². The number of aliphatic imine (C=N–C) groups is 1. The van der Waals surface area contributed by atoms with Crippen molar-refractivity contribution in [3.8, 4) is 11.1 Å². The summed E-state index contributed by atoms with van der Waals surface area (Å²) < 4.78 is 5.43. The first-order valence-corrected chi connectivity index (χ1v) is 8.80. The lowest BCUT2D eigenvalue weighted by Crippen LogP contribution is -2.31. The van der Waals surface area contributed by atoms with Gasteiger partial charge in [0.15, 0.2) is 0 Å². The predicted octanol–water partition coefficient (Wildman–Crippen LogP) is 4.07. The molecular weight excluding hydrogens is 330 g/mol. The van der Waals surface area contributed by atoms with Crippen molar-refractivity contribution in [2.45, 2.75) is 25.9 Å². The van der Waals surface area contributed by atoms with Gasteiger partial charge >= 0.3 is 0 Å². The van der Waals surface area contributed by atoms with Crippen molar-refractivity contribution in [2.75, 3.05) is 11.4 Å². The van der Waals surface area contributed by atoms with E-state index in [1.54, 1.807) is 0 Å². The van der Waals surface area contributed by atoms with E-state index >= 15 is 0 Å². The Hall–Kier alpha value is -2.53. The molecule has 0 bridgehead atoms. The fourth-order valence-electron chi connectivity index (χ4n) is 3.58. The molecular formula is C20H19N3OS. The molecule has 0 amide bonds. The summed E-state index contributed by atoms with van der Waals surface area (Å²) in [5.74, 6) is 0. The van der Waals surface area contributed by atoms with Crippen LogP contribution in [-0.4, -0.2) is 23.2 Å². The Balaban J connectivity index is 1.64. The van der Waals surface area contributed by atoms with Crippen molar-refractivity contribution in [3.63, 3.8) is 0 Å². The fourth-order valence-corrected chi connectivity index (χ4v) is 3.86. The summed E-state index contributed by atoms with van der Waals surface area (Å²) in [6.45, 7) is 4.86. The maximum atomic E-state index is 5.52. The lowest BCUT2D eigenvalue weighted by Gasteiger charge is -2.28. The van der Waals surface area contributed by atoms with Crippen LogP contribution in [0.5, 0.6) is 0 Å². The largest absolute Gasteiger partial charge is 0.495 e. The quantitative estimate of drug-likeness (QED) is 0.463. The van der Waals surface area contributed by atoms with Crippen molar-refractivity contribution < 1.29 is 4.74 Å². The van der Waals surface area contributed by atoms with Gasteiger partial charge in [-0.1, -0.05) is 12.2 Å². The Kier molecular flexibility index (Phi) is 4.32. The highest BCUT2D eigenvalue weighted by atomic mass is 32.1. The molecule has 0 unspecified atom stereocenters. The Morgan fingerprint density at radius 1 is 1.16 bits per heavy atom. The third-order valence-electron chi connectivity index (χ3n) is 4.69. The topological polar surface area (TPSA) is 37.7 Å². The van der Waals surface area contributed by atoms with Crippen LogP contribution in [0.4, 0.5) is 5.69 Å². The monoisotopic (exact) mass is 349 g/mol. The second-order valence-corrected chi connectivity index (χ2v) is 6.77. The SMILES string of the molecule is C=N/C=C\OCc1cncc(-c2cc3c4c(c2)CCN4C(=S)CC3)c1. The van der Waals surface area contributed by atoms with Crippen molar-refractivity contribution >= 4 is 29.6 Å². The van der Waals surface area contributed by atoms with E-state index in [1.807, 2.05) is 12.4 Å². The number of aryl methyl sites for hydroxylation is 1. The molecule has 25 heavy (non-hydrogen) atoms. The van der Waals surface area contributed by atoms with E-state index in [-0.39, 0.29) is 0 Å². The molecule has 2 aromatic rings. The number of pyridine rings is 1. The van der Waals surface area contributed by atoms with Gasteiger partial charge in [0.05, 0.1) is 11.2 Å². The van der Waals surface area contributed by atoms with Crippen LogP contribution >= 0.6 is 12.2 Å². The first-order chi connectivity index (χ1) is 12.3. The van der Waals surface area contributed by atoms with E-state index in [4.69, 9.17) is 17.0 Å². The van der Waals surface area contributed by atoms with Crippen molar-refractivity contribution in [1.82, 2.24) is 4.98 Å². The summed E-state index contributed by atoms with van der Waals surface area (Å²) in [5.41, 5.74) is 7.53. The Morgan fingerprint density at radius 3 is 2.84 bits per heavy atom. The highest BCUT2D eigenvalue weighted by molar-refractivity contribution is 7.80. The van der Waals surface area contributed by atoms with Crippen LogP contribution in [0.15, 0.2) is 48.0 Å². The van der Waals surface area contributed by atoms with E-state index in [9.17, 15) is 0 Å². The molecule has 1 aromatic carbocycles. The molecule has 0 saturated heterocycles. The van der Waals surface area contributed by atoms with Gasteiger partial charge in [0.25, 0.3) is 0 Å². The average Bonchev–Trinajstić information content (AvgIpc) is 3.07. The second-order valence-electron chi connectivity index (χ2n) is 6.30. The lowest BCUT2D eigenvalue weighted by atomic mass is 9.94. The minimum Gasteiger partial charge on any atom is -0.495 e. The summed E-state index contributed by atoms with van der Waals surface area (Å²) in [7, 11) is 0. The van der Waals surface area contributed by atoms with Crippen LogP contribution in [0.1, 0.15) is 23.1 Å². The number of aromatic nitrogens is 1. The molecule has 0 spiro atoms. The lowest BCUT2D eigenvalue weighted by molar-refractivity contribution is 0.235. The minimum atomic E-state index is 0.465. The smallest absolute Gasteiger partial charge is 0.114 e. The zero-order valence-corrected chi connectivity index (χ0v) is 14.8. The predicted molar refractivity (Wildman–Crippen MR) is 105 cm³/mol. The number of hydrogen-bond acceptors (Lipinski definition) is 4. The van der Waals surface area contributed by atoms with Gasteiger partial charge in [-0.15, -0.1) is 0 Å². The number of rotatable bonds is 5. The number of nitrogens with zero attached hydrogens (tertiary/aromatic N) is 3. The Bertz CT molecular complexity index is 875. The molecule has 3 heterocycles. The summed E-state index contributed by atoms with van der Waals surface area (Å²) in [6.07, 6.45) is 9.87. The normalized spacial score (nSPS) is 15.5. The van der Waals surface area contributed by atoms with Gasteiger partial charge < -0.3 is 9.64 Å². The maximum absolute atomic E-state index is 5.52. The zero-order valence-electron chi connectivity index (χ0n) is 13.9. The fraction of sp³-hybridized carbons (Fsp3) is 0.250. The minimum absolute atomic E-state index is 0.465. The molecule has 126 valence electrons. The van der Waals surface area contributed by atoms with E-state index < -0.39 is 0 Å². The van der Waals surface area contributed by atoms with E-state index in [1.165, 1.54) is 34.8 Å². The Labute approximate surface area is 152 Å². The molecule has 0 fully saturated rings. The van der Waals surface area contributed by atoms with Crippen molar-refractivity contribution in [2.24, 2.45) is 4.99 Å². The molecule has 0 saturated carbocycles. The molecule has 0 N–H and O–H groups in total. The van der Waals surface area contributed by atoms with Crippen LogP contribution in [0.25, 0.3) is 11.1 Å². The van der Waals surface area contributed by atoms with Gasteiger partial charge in [-0.25, -0.2) is 0 Å².